The van der Waals surface area contributed by atoms with Crippen LogP contribution in [-0.4, -0.2) is 10.9 Å². The van der Waals surface area contributed by atoms with Crippen molar-refractivity contribution in [3.63, 3.8) is 0 Å². The van der Waals surface area contributed by atoms with E-state index in [1.165, 1.54) is 6.07 Å². The topological polar surface area (TPSA) is 65.8 Å². The quantitative estimate of drug-likeness (QED) is 0.916. The van der Waals surface area contributed by atoms with Gasteiger partial charge < -0.3 is 5.32 Å². The maximum Gasteiger partial charge on any atom is 0.416 e. The van der Waals surface area contributed by atoms with Crippen LogP contribution in [0.1, 0.15) is 21.6 Å². The van der Waals surface area contributed by atoms with Crippen molar-refractivity contribution in [2.45, 2.75) is 12.6 Å². The van der Waals surface area contributed by atoms with E-state index in [0.29, 0.717) is 11.8 Å². The lowest BCUT2D eigenvalue weighted by Gasteiger charge is -2.11. The van der Waals surface area contributed by atoms with Crippen LogP contribution in [-0.2, 0) is 12.6 Å². The van der Waals surface area contributed by atoms with Crippen LogP contribution in [0.2, 0.25) is 5.02 Å². The number of nitrogens with one attached hydrogen (secondary N) is 1. The summed E-state index contributed by atoms with van der Waals surface area (Å²) < 4.78 is 38.1. The number of carbonyl (C=O) groups excluding carboxylic acids is 1. The van der Waals surface area contributed by atoms with Gasteiger partial charge in [0.2, 0.25) is 0 Å². The minimum absolute atomic E-state index is 0.0496. The summed E-state index contributed by atoms with van der Waals surface area (Å²) in [5.41, 5.74) is -0.854. The van der Waals surface area contributed by atoms with Crippen molar-refractivity contribution in [3.05, 3.63) is 58.2 Å². The third kappa shape index (κ3) is 4.20. The lowest BCUT2D eigenvalue weighted by molar-refractivity contribution is -0.137. The van der Waals surface area contributed by atoms with Crippen LogP contribution in [0.3, 0.4) is 0 Å². The normalized spacial score (nSPS) is 10.9. The molecule has 4 nitrogen and oxygen atoms in total. The highest BCUT2D eigenvalue weighted by Gasteiger charge is 2.31. The molecular formula is C15H9ClF3N3O. The molecule has 0 aliphatic heterocycles. The van der Waals surface area contributed by atoms with Gasteiger partial charge in [0, 0.05) is 0 Å². The fourth-order valence-corrected chi connectivity index (χ4v) is 1.99. The number of pyridine rings is 1. The fourth-order valence-electron chi connectivity index (χ4n) is 1.79. The zero-order valence-corrected chi connectivity index (χ0v) is 12.2. The van der Waals surface area contributed by atoms with Crippen molar-refractivity contribution >= 4 is 23.3 Å². The van der Waals surface area contributed by atoms with Crippen LogP contribution in [0.5, 0.6) is 0 Å². The molecule has 0 radical (unpaired) electrons. The van der Waals surface area contributed by atoms with Gasteiger partial charge in [0.15, 0.2) is 0 Å². The molecule has 2 rings (SSSR count). The van der Waals surface area contributed by atoms with Gasteiger partial charge in [-0.2, -0.15) is 18.4 Å². The maximum atomic E-state index is 12.7. The van der Waals surface area contributed by atoms with Crippen LogP contribution in [0, 0.1) is 11.3 Å². The Kier molecular flexibility index (Phi) is 4.86. The summed E-state index contributed by atoms with van der Waals surface area (Å²) in [6.45, 7) is 0. The Morgan fingerprint density at radius 1 is 1.30 bits per heavy atom. The largest absolute Gasteiger partial charge is 0.416 e. The average molecular weight is 340 g/mol. The van der Waals surface area contributed by atoms with Crippen LogP contribution >= 0.6 is 11.6 Å². The number of hydrogen-bond acceptors (Lipinski definition) is 3. The van der Waals surface area contributed by atoms with E-state index >= 15 is 0 Å². The van der Waals surface area contributed by atoms with Gasteiger partial charge in [-0.05, 0) is 30.3 Å². The predicted octanol–water partition coefficient (Wildman–Crippen LogP) is 4.07. The number of nitriles is 1. The van der Waals surface area contributed by atoms with Crippen LogP contribution < -0.4 is 5.32 Å². The first-order valence-corrected chi connectivity index (χ1v) is 6.70. The summed E-state index contributed by atoms with van der Waals surface area (Å²) in [7, 11) is 0. The van der Waals surface area contributed by atoms with E-state index in [-0.39, 0.29) is 22.8 Å². The monoisotopic (exact) mass is 339 g/mol. The number of hydrogen-bond donors (Lipinski definition) is 1. The van der Waals surface area contributed by atoms with Gasteiger partial charge in [0.05, 0.1) is 34.3 Å². The summed E-state index contributed by atoms with van der Waals surface area (Å²) in [5.74, 6) is -0.695. The Balaban J connectivity index is 2.27. The molecule has 1 aromatic heterocycles. The average Bonchev–Trinajstić information content (AvgIpc) is 2.47. The van der Waals surface area contributed by atoms with E-state index in [1.807, 2.05) is 6.07 Å². The molecule has 118 valence electrons. The highest BCUT2D eigenvalue weighted by molar-refractivity contribution is 6.34. The van der Waals surface area contributed by atoms with Gasteiger partial charge in [-0.25, -0.2) is 4.98 Å². The van der Waals surface area contributed by atoms with Gasteiger partial charge in [0.25, 0.3) is 5.91 Å². The fraction of sp³-hybridized carbons (Fsp3) is 0.133. The molecule has 0 saturated carbocycles. The van der Waals surface area contributed by atoms with Gasteiger partial charge in [0.1, 0.15) is 5.82 Å². The highest BCUT2D eigenvalue weighted by Crippen LogP contribution is 2.32. The number of alkyl halides is 3. The van der Waals surface area contributed by atoms with Crippen molar-refractivity contribution in [2.75, 3.05) is 5.32 Å². The first-order chi connectivity index (χ1) is 10.8. The molecule has 1 N–H and O–H groups in total. The van der Waals surface area contributed by atoms with Crippen LogP contribution in [0.25, 0.3) is 0 Å². The lowest BCUT2D eigenvalue weighted by Crippen LogP contribution is -2.15. The molecule has 0 bridgehead atoms. The van der Waals surface area contributed by atoms with Crippen molar-refractivity contribution in [2.24, 2.45) is 0 Å². The second-order valence-electron chi connectivity index (χ2n) is 4.50. The minimum Gasteiger partial charge on any atom is -0.307 e. The van der Waals surface area contributed by atoms with Gasteiger partial charge in [-0.1, -0.05) is 17.7 Å². The molecule has 0 atom stereocenters. The number of aromatic nitrogens is 1. The second-order valence-corrected chi connectivity index (χ2v) is 4.90. The summed E-state index contributed by atoms with van der Waals surface area (Å²) >= 11 is 5.80. The third-order valence-corrected chi connectivity index (χ3v) is 3.18. The Morgan fingerprint density at radius 3 is 2.70 bits per heavy atom. The van der Waals surface area contributed by atoms with Crippen LogP contribution in [0.15, 0.2) is 36.4 Å². The third-order valence-electron chi connectivity index (χ3n) is 2.85. The van der Waals surface area contributed by atoms with Gasteiger partial charge in [-0.15, -0.1) is 0 Å². The number of anilines is 1. The molecule has 0 aliphatic carbocycles. The second kappa shape index (κ2) is 6.67. The zero-order valence-electron chi connectivity index (χ0n) is 11.5. The molecule has 0 spiro atoms. The Morgan fingerprint density at radius 2 is 2.04 bits per heavy atom. The van der Waals surface area contributed by atoms with Crippen molar-refractivity contribution in [3.8, 4) is 6.07 Å². The van der Waals surface area contributed by atoms with E-state index in [2.05, 4.69) is 10.3 Å². The van der Waals surface area contributed by atoms with Gasteiger partial charge in [-0.3, -0.25) is 4.79 Å². The van der Waals surface area contributed by atoms with E-state index < -0.39 is 17.6 Å². The Hall–Kier alpha value is -2.59. The molecule has 8 heteroatoms. The number of nitrogens with zero attached hydrogens (tertiary/aromatic N) is 2. The summed E-state index contributed by atoms with van der Waals surface area (Å²) in [5, 5.41) is 10.9. The number of amides is 1. The molecule has 0 fully saturated rings. The number of rotatable bonds is 3. The zero-order chi connectivity index (χ0) is 17.0. The van der Waals surface area contributed by atoms with Crippen molar-refractivity contribution in [1.29, 1.82) is 5.26 Å². The Bertz CT molecular complexity index is 784. The standard InChI is InChI=1S/C15H9ClF3N3O/c16-12-5-4-9(15(17,18)19)8-11(12)14(23)22-13-3-1-2-10(21-13)6-7-20/h1-5,8H,6H2,(H,21,22,23). The maximum absolute atomic E-state index is 12.7. The minimum atomic E-state index is -4.58. The number of carbonyl (C=O) groups is 1. The molecule has 1 amide bonds. The SMILES string of the molecule is N#CCc1cccc(NC(=O)c2cc(C(F)(F)F)ccc2Cl)n1. The van der Waals surface area contributed by atoms with Gasteiger partial charge >= 0.3 is 6.18 Å². The highest BCUT2D eigenvalue weighted by atomic mass is 35.5. The van der Waals surface area contributed by atoms with Crippen molar-refractivity contribution < 1.29 is 18.0 Å². The van der Waals surface area contributed by atoms with E-state index in [1.54, 1.807) is 12.1 Å². The van der Waals surface area contributed by atoms with E-state index in [0.717, 1.165) is 12.1 Å². The number of halogens is 4. The Labute approximate surface area is 134 Å². The van der Waals surface area contributed by atoms with Crippen molar-refractivity contribution in [1.82, 2.24) is 4.98 Å². The smallest absolute Gasteiger partial charge is 0.307 e. The summed E-state index contributed by atoms with van der Waals surface area (Å²) in [6, 6.07) is 9.02. The lowest BCUT2D eigenvalue weighted by atomic mass is 10.1. The van der Waals surface area contributed by atoms with E-state index in [4.69, 9.17) is 16.9 Å². The molecular weight excluding hydrogens is 331 g/mol. The molecule has 2 aromatic rings. The molecule has 1 heterocycles. The molecule has 0 aliphatic rings. The predicted molar refractivity (Wildman–Crippen MR) is 78.0 cm³/mol. The number of benzene rings is 1. The molecule has 23 heavy (non-hydrogen) atoms. The summed E-state index contributed by atoms with van der Waals surface area (Å²) in [4.78, 5) is 16.1. The first kappa shape index (κ1) is 16.8. The first-order valence-electron chi connectivity index (χ1n) is 6.32. The van der Waals surface area contributed by atoms with Crippen LogP contribution in [0.4, 0.5) is 19.0 Å². The molecule has 0 unspecified atom stereocenters. The summed E-state index contributed by atoms with van der Waals surface area (Å²) in [6.07, 6.45) is -4.53. The molecule has 0 saturated heterocycles. The molecule has 1 aromatic carbocycles. The van der Waals surface area contributed by atoms with E-state index in [9.17, 15) is 18.0 Å².